The molecule has 1 aromatic heterocycles. The van der Waals surface area contributed by atoms with Crippen LogP contribution in [-0.2, 0) is 4.74 Å². The van der Waals surface area contributed by atoms with Gasteiger partial charge in [0.1, 0.15) is 5.75 Å². The van der Waals surface area contributed by atoms with Gasteiger partial charge in [-0.2, -0.15) is 8.78 Å². The fourth-order valence-electron chi connectivity index (χ4n) is 1.55. The summed E-state index contributed by atoms with van der Waals surface area (Å²) in [5.41, 5.74) is 0.428. The van der Waals surface area contributed by atoms with E-state index < -0.39 is 12.6 Å². The third kappa shape index (κ3) is 2.90. The van der Waals surface area contributed by atoms with Gasteiger partial charge in [0.25, 0.3) is 0 Å². The molecule has 0 spiro atoms. The van der Waals surface area contributed by atoms with Crippen molar-refractivity contribution in [1.82, 2.24) is 4.98 Å². The minimum atomic E-state index is -2.92. The van der Waals surface area contributed by atoms with Crippen LogP contribution in [0.25, 0.3) is 10.9 Å². The Bertz CT molecular complexity index is 634. The summed E-state index contributed by atoms with van der Waals surface area (Å²) in [7, 11) is 1.22. The molecule has 0 amide bonds. The lowest BCUT2D eigenvalue weighted by Gasteiger charge is -2.07. The maximum atomic E-state index is 12.1. The Labute approximate surface area is 111 Å². The molecule has 0 radical (unpaired) electrons. The standard InChI is InChI=1S/C12H8ClF2NO3/c1-18-11(17)10-5-8(13)7-4-6(19-12(14)15)2-3-9(7)16-10/h2-5,12H,1H3. The van der Waals surface area contributed by atoms with E-state index in [2.05, 4.69) is 14.5 Å². The summed E-state index contributed by atoms with van der Waals surface area (Å²) in [6.45, 7) is -2.92. The number of alkyl halides is 2. The van der Waals surface area contributed by atoms with Gasteiger partial charge in [-0.25, -0.2) is 9.78 Å². The highest BCUT2D eigenvalue weighted by Crippen LogP contribution is 2.28. The molecule has 0 unspecified atom stereocenters. The number of halogens is 3. The lowest BCUT2D eigenvalue weighted by molar-refractivity contribution is -0.0497. The smallest absolute Gasteiger partial charge is 0.387 e. The Hall–Kier alpha value is -1.95. The van der Waals surface area contributed by atoms with Crippen molar-refractivity contribution in [2.45, 2.75) is 6.61 Å². The molecule has 4 nitrogen and oxygen atoms in total. The quantitative estimate of drug-likeness (QED) is 0.813. The molecule has 7 heteroatoms. The van der Waals surface area contributed by atoms with Gasteiger partial charge >= 0.3 is 12.6 Å². The first-order chi connectivity index (χ1) is 9.01. The van der Waals surface area contributed by atoms with Crippen LogP contribution in [0, 0.1) is 0 Å². The van der Waals surface area contributed by atoms with E-state index in [1.165, 1.54) is 31.4 Å². The molecule has 0 saturated carbocycles. The van der Waals surface area contributed by atoms with Crippen molar-refractivity contribution in [3.8, 4) is 5.75 Å². The van der Waals surface area contributed by atoms with E-state index >= 15 is 0 Å². The number of pyridine rings is 1. The number of ether oxygens (including phenoxy) is 2. The number of aromatic nitrogens is 1. The number of carbonyl (C=O) groups excluding carboxylic acids is 1. The zero-order valence-electron chi connectivity index (χ0n) is 9.69. The van der Waals surface area contributed by atoms with Crippen LogP contribution in [-0.4, -0.2) is 24.7 Å². The zero-order chi connectivity index (χ0) is 14.0. The molecule has 2 rings (SSSR count). The summed E-state index contributed by atoms with van der Waals surface area (Å²) in [6.07, 6.45) is 0. The van der Waals surface area contributed by atoms with Gasteiger partial charge in [0, 0.05) is 5.39 Å². The molecule has 0 fully saturated rings. The van der Waals surface area contributed by atoms with Crippen LogP contribution in [0.15, 0.2) is 24.3 Å². The molecule has 0 bridgehead atoms. The van der Waals surface area contributed by atoms with Crippen LogP contribution in [0.3, 0.4) is 0 Å². The molecule has 100 valence electrons. The van der Waals surface area contributed by atoms with Crippen molar-refractivity contribution in [3.63, 3.8) is 0 Å². The highest BCUT2D eigenvalue weighted by atomic mass is 35.5. The van der Waals surface area contributed by atoms with Crippen molar-refractivity contribution in [2.75, 3.05) is 7.11 Å². The van der Waals surface area contributed by atoms with E-state index in [9.17, 15) is 13.6 Å². The maximum Gasteiger partial charge on any atom is 0.387 e. The van der Waals surface area contributed by atoms with E-state index in [1.54, 1.807) is 0 Å². The van der Waals surface area contributed by atoms with Gasteiger partial charge in [0.15, 0.2) is 5.69 Å². The molecule has 1 aromatic carbocycles. The van der Waals surface area contributed by atoms with Crippen LogP contribution in [0.4, 0.5) is 8.78 Å². The molecule has 0 aliphatic carbocycles. The lowest BCUT2D eigenvalue weighted by atomic mass is 10.2. The van der Waals surface area contributed by atoms with Crippen LogP contribution in [0.2, 0.25) is 5.02 Å². The lowest BCUT2D eigenvalue weighted by Crippen LogP contribution is -2.05. The summed E-state index contributed by atoms with van der Waals surface area (Å²) >= 11 is 5.98. The predicted molar refractivity (Wildman–Crippen MR) is 64.7 cm³/mol. The minimum absolute atomic E-state index is 0.0305. The first-order valence-electron chi connectivity index (χ1n) is 5.14. The molecular weight excluding hydrogens is 280 g/mol. The number of rotatable bonds is 3. The molecule has 0 saturated heterocycles. The van der Waals surface area contributed by atoms with Gasteiger partial charge in [-0.05, 0) is 24.3 Å². The summed E-state index contributed by atoms with van der Waals surface area (Å²) in [4.78, 5) is 15.4. The van der Waals surface area contributed by atoms with Crippen LogP contribution in [0.1, 0.15) is 10.5 Å². The Morgan fingerprint density at radius 2 is 2.11 bits per heavy atom. The number of carbonyl (C=O) groups is 1. The van der Waals surface area contributed by atoms with E-state index in [4.69, 9.17) is 11.6 Å². The molecule has 2 aromatic rings. The third-order valence-electron chi connectivity index (χ3n) is 2.35. The topological polar surface area (TPSA) is 48.4 Å². The highest BCUT2D eigenvalue weighted by molar-refractivity contribution is 6.35. The monoisotopic (exact) mass is 287 g/mol. The second kappa shape index (κ2) is 5.36. The number of methoxy groups -OCH3 is 1. The van der Waals surface area contributed by atoms with E-state index in [0.717, 1.165) is 0 Å². The minimum Gasteiger partial charge on any atom is -0.464 e. The molecule has 0 N–H and O–H groups in total. The Kier molecular flexibility index (Phi) is 3.80. The molecule has 19 heavy (non-hydrogen) atoms. The molecule has 0 atom stereocenters. The average Bonchev–Trinajstić information content (AvgIpc) is 2.37. The number of hydrogen-bond acceptors (Lipinski definition) is 4. The predicted octanol–water partition coefficient (Wildman–Crippen LogP) is 3.28. The average molecular weight is 288 g/mol. The van der Waals surface area contributed by atoms with Crippen molar-refractivity contribution in [2.24, 2.45) is 0 Å². The van der Waals surface area contributed by atoms with Gasteiger partial charge in [-0.1, -0.05) is 11.6 Å². The largest absolute Gasteiger partial charge is 0.464 e. The highest BCUT2D eigenvalue weighted by Gasteiger charge is 2.13. The SMILES string of the molecule is COC(=O)c1cc(Cl)c2cc(OC(F)F)ccc2n1. The fourth-order valence-corrected chi connectivity index (χ4v) is 1.80. The maximum absolute atomic E-state index is 12.1. The van der Waals surface area contributed by atoms with Crippen LogP contribution < -0.4 is 4.74 Å². The first-order valence-corrected chi connectivity index (χ1v) is 5.52. The molecular formula is C12H8ClF2NO3. The Balaban J connectivity index is 2.50. The molecule has 1 heterocycles. The molecule has 0 aliphatic heterocycles. The van der Waals surface area contributed by atoms with E-state index in [-0.39, 0.29) is 16.5 Å². The molecule has 0 aliphatic rings. The first kappa shape index (κ1) is 13.5. The number of hydrogen-bond donors (Lipinski definition) is 0. The van der Waals surface area contributed by atoms with Crippen molar-refractivity contribution < 1.29 is 23.0 Å². The summed E-state index contributed by atoms with van der Waals surface area (Å²) < 4.78 is 33.0. The van der Waals surface area contributed by atoms with Crippen molar-refractivity contribution in [1.29, 1.82) is 0 Å². The van der Waals surface area contributed by atoms with E-state index in [1.807, 2.05) is 0 Å². The Morgan fingerprint density at radius 1 is 1.37 bits per heavy atom. The van der Waals surface area contributed by atoms with Gasteiger partial charge < -0.3 is 9.47 Å². The van der Waals surface area contributed by atoms with Crippen LogP contribution >= 0.6 is 11.6 Å². The van der Waals surface area contributed by atoms with Crippen LogP contribution in [0.5, 0.6) is 5.75 Å². The van der Waals surface area contributed by atoms with E-state index in [0.29, 0.717) is 10.9 Å². The summed E-state index contributed by atoms with van der Waals surface area (Å²) in [5.74, 6) is -0.659. The fraction of sp³-hybridized carbons (Fsp3) is 0.167. The number of nitrogens with zero attached hydrogens (tertiary/aromatic N) is 1. The second-order valence-corrected chi connectivity index (χ2v) is 3.95. The zero-order valence-corrected chi connectivity index (χ0v) is 10.4. The Morgan fingerprint density at radius 3 is 2.74 bits per heavy atom. The van der Waals surface area contributed by atoms with Gasteiger partial charge in [0.05, 0.1) is 17.6 Å². The normalized spacial score (nSPS) is 10.8. The van der Waals surface area contributed by atoms with Crippen molar-refractivity contribution >= 4 is 28.5 Å². The van der Waals surface area contributed by atoms with Gasteiger partial charge in [-0.3, -0.25) is 0 Å². The summed E-state index contributed by atoms with van der Waals surface area (Å²) in [5, 5.41) is 0.609. The second-order valence-electron chi connectivity index (χ2n) is 3.54. The number of benzene rings is 1. The third-order valence-corrected chi connectivity index (χ3v) is 2.66. The summed E-state index contributed by atoms with van der Waals surface area (Å²) in [6, 6.07) is 5.39. The number of fused-ring (bicyclic) bond motifs is 1. The number of esters is 1. The van der Waals surface area contributed by atoms with Gasteiger partial charge in [0.2, 0.25) is 0 Å². The van der Waals surface area contributed by atoms with Crippen molar-refractivity contribution in [3.05, 3.63) is 35.0 Å². The van der Waals surface area contributed by atoms with Gasteiger partial charge in [-0.15, -0.1) is 0 Å².